The van der Waals surface area contributed by atoms with Crippen molar-refractivity contribution >= 4 is 5.97 Å². The third-order valence-electron chi connectivity index (χ3n) is 2.64. The van der Waals surface area contributed by atoms with Gasteiger partial charge in [-0.3, -0.25) is 4.79 Å². The summed E-state index contributed by atoms with van der Waals surface area (Å²) in [4.78, 5) is 10.7. The fourth-order valence-electron chi connectivity index (χ4n) is 1.75. The Bertz CT molecular complexity index is 390. The van der Waals surface area contributed by atoms with Crippen LogP contribution in [0.25, 0.3) is 0 Å². The highest BCUT2D eigenvalue weighted by Gasteiger charge is 2.15. The summed E-state index contributed by atoms with van der Waals surface area (Å²) < 4.78 is 18.7. The second-order valence-electron chi connectivity index (χ2n) is 3.83. The van der Waals surface area contributed by atoms with E-state index in [4.69, 9.17) is 9.84 Å². The normalized spacial score (nSPS) is 12.2. The number of hydrogen-bond donors (Lipinski definition) is 1. The van der Waals surface area contributed by atoms with E-state index in [1.54, 1.807) is 19.1 Å². The third kappa shape index (κ3) is 3.73. The molecule has 0 aliphatic heterocycles. The van der Waals surface area contributed by atoms with Crippen LogP contribution in [0.4, 0.5) is 4.39 Å². The zero-order chi connectivity index (χ0) is 12.8. The first-order chi connectivity index (χ1) is 8.08. The number of benzene rings is 1. The Balaban J connectivity index is 2.90. The van der Waals surface area contributed by atoms with Crippen LogP contribution in [0.1, 0.15) is 38.2 Å². The number of carboxylic acids is 1. The predicted molar refractivity (Wildman–Crippen MR) is 62.9 cm³/mol. The zero-order valence-corrected chi connectivity index (χ0v) is 10.1. The molecule has 1 atom stereocenters. The lowest BCUT2D eigenvalue weighted by molar-refractivity contribution is -0.137. The molecule has 1 N–H and O–H groups in total. The maximum absolute atomic E-state index is 13.6. The summed E-state index contributed by atoms with van der Waals surface area (Å²) in [6.07, 6.45) is 0.684. The maximum Gasteiger partial charge on any atom is 0.303 e. The molecule has 1 rings (SSSR count). The molecule has 0 saturated carbocycles. The lowest BCUT2D eigenvalue weighted by atomic mass is 9.93. The summed E-state index contributed by atoms with van der Waals surface area (Å²) in [6, 6.07) is 4.64. The van der Waals surface area contributed by atoms with Crippen molar-refractivity contribution in [2.24, 2.45) is 0 Å². The van der Waals surface area contributed by atoms with E-state index in [-0.39, 0.29) is 18.1 Å². The zero-order valence-electron chi connectivity index (χ0n) is 10.1. The van der Waals surface area contributed by atoms with E-state index in [0.29, 0.717) is 18.6 Å². The van der Waals surface area contributed by atoms with Crippen molar-refractivity contribution in [2.45, 2.75) is 32.6 Å². The second kappa shape index (κ2) is 6.23. The average Bonchev–Trinajstić information content (AvgIpc) is 2.28. The van der Waals surface area contributed by atoms with Gasteiger partial charge in [-0.25, -0.2) is 4.39 Å². The van der Waals surface area contributed by atoms with Crippen LogP contribution in [0.3, 0.4) is 0 Å². The quantitative estimate of drug-likeness (QED) is 0.830. The van der Waals surface area contributed by atoms with Gasteiger partial charge in [0.05, 0.1) is 13.0 Å². The highest BCUT2D eigenvalue weighted by molar-refractivity contribution is 5.68. The minimum Gasteiger partial charge on any atom is -0.491 e. The summed E-state index contributed by atoms with van der Waals surface area (Å²) in [5, 5.41) is 8.77. The predicted octanol–water partition coefficient (Wildman–Crippen LogP) is 3.19. The molecule has 4 heteroatoms. The van der Waals surface area contributed by atoms with Crippen LogP contribution >= 0.6 is 0 Å². The van der Waals surface area contributed by atoms with Crippen molar-refractivity contribution in [3.8, 4) is 5.75 Å². The molecule has 0 amide bonds. The van der Waals surface area contributed by atoms with E-state index in [9.17, 15) is 9.18 Å². The first-order valence-electron chi connectivity index (χ1n) is 5.72. The largest absolute Gasteiger partial charge is 0.491 e. The number of rotatable bonds is 6. The smallest absolute Gasteiger partial charge is 0.303 e. The lowest BCUT2D eigenvalue weighted by Gasteiger charge is -2.14. The van der Waals surface area contributed by atoms with Gasteiger partial charge in [0.2, 0.25) is 0 Å². The molecule has 0 aliphatic carbocycles. The van der Waals surface area contributed by atoms with Crippen LogP contribution in [-0.2, 0) is 4.79 Å². The molecule has 1 unspecified atom stereocenters. The van der Waals surface area contributed by atoms with Gasteiger partial charge in [-0.05, 0) is 37.0 Å². The average molecular weight is 240 g/mol. The number of hydrogen-bond acceptors (Lipinski definition) is 2. The summed E-state index contributed by atoms with van der Waals surface area (Å²) in [5.74, 6) is -1.25. The minimum atomic E-state index is -0.869. The molecule has 0 radical (unpaired) electrons. The van der Waals surface area contributed by atoms with Crippen molar-refractivity contribution in [2.75, 3.05) is 6.61 Å². The molecule has 0 saturated heterocycles. The van der Waals surface area contributed by atoms with E-state index in [1.807, 2.05) is 6.92 Å². The van der Waals surface area contributed by atoms with Crippen LogP contribution in [0, 0.1) is 5.82 Å². The Hall–Kier alpha value is -1.58. The Morgan fingerprint density at radius 1 is 1.47 bits per heavy atom. The molecule has 1 aromatic carbocycles. The van der Waals surface area contributed by atoms with Gasteiger partial charge in [0.15, 0.2) is 11.6 Å². The summed E-state index contributed by atoms with van der Waals surface area (Å²) in [5.41, 5.74) is 0.704. The number of carboxylic acid groups (broad SMARTS) is 1. The lowest BCUT2D eigenvalue weighted by Crippen LogP contribution is -2.06. The van der Waals surface area contributed by atoms with Crippen LogP contribution in [0.2, 0.25) is 0 Å². The van der Waals surface area contributed by atoms with Gasteiger partial charge >= 0.3 is 5.97 Å². The molecule has 17 heavy (non-hydrogen) atoms. The van der Waals surface area contributed by atoms with Crippen LogP contribution in [-0.4, -0.2) is 17.7 Å². The molecule has 0 fully saturated rings. The van der Waals surface area contributed by atoms with Crippen molar-refractivity contribution in [3.63, 3.8) is 0 Å². The topological polar surface area (TPSA) is 46.5 Å². The highest BCUT2D eigenvalue weighted by Crippen LogP contribution is 2.27. The van der Waals surface area contributed by atoms with Crippen LogP contribution in [0.15, 0.2) is 18.2 Å². The Morgan fingerprint density at radius 2 is 2.18 bits per heavy atom. The second-order valence-corrected chi connectivity index (χ2v) is 3.83. The van der Waals surface area contributed by atoms with Crippen molar-refractivity contribution in [3.05, 3.63) is 29.6 Å². The standard InChI is InChI=1S/C13H17FO3/c1-3-9(8-13(15)16)10-5-6-12(17-4-2)11(14)7-10/h5-7,9H,3-4,8H2,1-2H3,(H,15,16). The van der Waals surface area contributed by atoms with E-state index >= 15 is 0 Å². The molecule has 0 bridgehead atoms. The first-order valence-corrected chi connectivity index (χ1v) is 5.72. The molecule has 3 nitrogen and oxygen atoms in total. The number of aliphatic carboxylic acids is 1. The highest BCUT2D eigenvalue weighted by atomic mass is 19.1. The SMILES string of the molecule is CCOc1ccc(C(CC)CC(=O)O)cc1F. The summed E-state index contributed by atoms with van der Waals surface area (Å²) in [7, 11) is 0. The van der Waals surface area contributed by atoms with Crippen molar-refractivity contribution < 1.29 is 19.0 Å². The molecule has 0 aliphatic rings. The van der Waals surface area contributed by atoms with E-state index in [1.165, 1.54) is 6.07 Å². The Kier molecular flexibility index (Phi) is 4.94. The van der Waals surface area contributed by atoms with Gasteiger partial charge in [-0.2, -0.15) is 0 Å². The van der Waals surface area contributed by atoms with Gasteiger partial charge in [-0.1, -0.05) is 13.0 Å². The molecule has 0 aromatic heterocycles. The van der Waals surface area contributed by atoms with Crippen molar-refractivity contribution in [1.82, 2.24) is 0 Å². The Labute approximate surface area is 100 Å². The third-order valence-corrected chi connectivity index (χ3v) is 2.64. The fraction of sp³-hybridized carbons (Fsp3) is 0.462. The van der Waals surface area contributed by atoms with E-state index < -0.39 is 11.8 Å². The minimum absolute atomic E-state index is 0.0178. The number of ether oxygens (including phenoxy) is 1. The van der Waals surface area contributed by atoms with Gasteiger partial charge in [0.25, 0.3) is 0 Å². The van der Waals surface area contributed by atoms with Crippen molar-refractivity contribution in [1.29, 1.82) is 0 Å². The summed E-state index contributed by atoms with van der Waals surface area (Å²) >= 11 is 0. The monoisotopic (exact) mass is 240 g/mol. The van der Waals surface area contributed by atoms with E-state index in [2.05, 4.69) is 0 Å². The van der Waals surface area contributed by atoms with Gasteiger partial charge in [0, 0.05) is 0 Å². The molecule has 1 aromatic rings. The van der Waals surface area contributed by atoms with Gasteiger partial charge in [0.1, 0.15) is 0 Å². The molecular weight excluding hydrogens is 223 g/mol. The molecule has 94 valence electrons. The number of carbonyl (C=O) groups is 1. The van der Waals surface area contributed by atoms with Crippen LogP contribution in [0.5, 0.6) is 5.75 Å². The maximum atomic E-state index is 13.6. The summed E-state index contributed by atoms with van der Waals surface area (Å²) in [6.45, 7) is 4.08. The number of halogens is 1. The molecule has 0 spiro atoms. The van der Waals surface area contributed by atoms with Crippen LogP contribution < -0.4 is 4.74 Å². The fourth-order valence-corrected chi connectivity index (χ4v) is 1.75. The first kappa shape index (κ1) is 13.5. The van der Waals surface area contributed by atoms with Gasteiger partial charge < -0.3 is 9.84 Å². The Morgan fingerprint density at radius 3 is 2.65 bits per heavy atom. The van der Waals surface area contributed by atoms with E-state index in [0.717, 1.165) is 0 Å². The van der Waals surface area contributed by atoms with Gasteiger partial charge in [-0.15, -0.1) is 0 Å². The molecule has 0 heterocycles. The molecular formula is C13H17FO3.